The molecule has 0 spiro atoms. The van der Waals surface area contributed by atoms with E-state index in [1.54, 1.807) is 42.5 Å². The number of nitrogens with zero attached hydrogens (tertiary/aromatic N) is 2. The van der Waals surface area contributed by atoms with Crippen LogP contribution < -0.4 is 20.3 Å². The van der Waals surface area contributed by atoms with Crippen molar-refractivity contribution in [2.45, 2.75) is 38.6 Å². The number of piperidine rings is 1. The molecule has 9 nitrogen and oxygen atoms in total. The van der Waals surface area contributed by atoms with Crippen LogP contribution in [0.25, 0.3) is 11.3 Å². The zero-order valence-corrected chi connectivity index (χ0v) is 28.0. The van der Waals surface area contributed by atoms with Gasteiger partial charge in [0.05, 0.1) is 22.5 Å². The molecule has 1 aliphatic rings. The first-order valence-corrected chi connectivity index (χ1v) is 16.7. The van der Waals surface area contributed by atoms with Crippen LogP contribution in [0.1, 0.15) is 67.0 Å². The number of carbonyl (C=O) groups excluding carboxylic acids is 2. The van der Waals surface area contributed by atoms with Crippen LogP contribution in [0.4, 0.5) is 24.5 Å². The molecule has 1 saturated heterocycles. The molecule has 3 N–H and O–H groups in total. The number of ether oxygens (including phenoxy) is 1. The third kappa shape index (κ3) is 8.94. The summed E-state index contributed by atoms with van der Waals surface area (Å²) in [5.74, 6) is -1.41. The number of aromatic carboxylic acids is 1. The number of benzene rings is 4. The van der Waals surface area contributed by atoms with Gasteiger partial charge in [0, 0.05) is 48.2 Å². The number of alkyl halides is 3. The van der Waals surface area contributed by atoms with Crippen molar-refractivity contribution >= 4 is 29.2 Å². The summed E-state index contributed by atoms with van der Waals surface area (Å²) in [6, 6.07) is 26.6. The molecule has 0 radical (unpaired) electrons. The number of anilines is 2. The first kappa shape index (κ1) is 35.6. The van der Waals surface area contributed by atoms with Gasteiger partial charge in [0.25, 0.3) is 11.8 Å². The smallest absolute Gasteiger partial charge is 0.416 e. The van der Waals surface area contributed by atoms with Crippen molar-refractivity contribution < 1.29 is 37.4 Å². The number of rotatable bonds is 11. The molecule has 1 aromatic heterocycles. The minimum Gasteiger partial charge on any atom is -0.489 e. The fourth-order valence-electron chi connectivity index (χ4n) is 5.92. The summed E-state index contributed by atoms with van der Waals surface area (Å²) in [5.41, 5.74) is 3.42. The molecule has 5 aromatic rings. The second-order valence-electron chi connectivity index (χ2n) is 12.4. The standard InChI is InChI=1S/C40H35F3N4O5/c41-40(42,43)31-9-5-6-26(21-31)24-45-37(48)29-16-17-44-36(22-29)34-23-32(47-18-2-1-3-19-47)12-15-35(34)46-38(49)28-10-13-33(14-11-28)52-25-27-7-4-8-30(20-27)39(50)51/h4-17,20-23H,1-3,18-19,24-25H2,(H,45,48)(H,46,49)(H,50,51). The van der Waals surface area contributed by atoms with E-state index in [0.29, 0.717) is 39.4 Å². The van der Waals surface area contributed by atoms with Crippen LogP contribution in [0.5, 0.6) is 5.75 Å². The van der Waals surface area contributed by atoms with Crippen LogP contribution in [0.3, 0.4) is 0 Å². The Hall–Kier alpha value is -6.17. The van der Waals surface area contributed by atoms with E-state index in [1.165, 1.54) is 36.5 Å². The maximum atomic E-state index is 13.5. The van der Waals surface area contributed by atoms with Crippen LogP contribution in [0.2, 0.25) is 0 Å². The number of pyridine rings is 1. The van der Waals surface area contributed by atoms with Gasteiger partial charge < -0.3 is 25.4 Å². The summed E-state index contributed by atoms with van der Waals surface area (Å²) in [6.07, 6.45) is 0.250. The van der Waals surface area contributed by atoms with Gasteiger partial charge in [-0.05, 0) is 109 Å². The monoisotopic (exact) mass is 708 g/mol. The van der Waals surface area contributed by atoms with Crippen molar-refractivity contribution in [1.29, 1.82) is 0 Å². The van der Waals surface area contributed by atoms with Crippen LogP contribution in [0.15, 0.2) is 109 Å². The lowest BCUT2D eigenvalue weighted by Crippen LogP contribution is -2.29. The molecule has 4 aromatic carbocycles. The molecular weight excluding hydrogens is 673 g/mol. The predicted molar refractivity (Wildman–Crippen MR) is 190 cm³/mol. The van der Waals surface area contributed by atoms with Gasteiger partial charge in [-0.1, -0.05) is 24.3 Å². The number of halogens is 3. The van der Waals surface area contributed by atoms with Gasteiger partial charge in [0.15, 0.2) is 0 Å². The average molecular weight is 709 g/mol. The number of amides is 2. The molecule has 0 atom stereocenters. The Bertz CT molecular complexity index is 2080. The van der Waals surface area contributed by atoms with E-state index < -0.39 is 23.6 Å². The highest BCUT2D eigenvalue weighted by molar-refractivity contribution is 6.06. The van der Waals surface area contributed by atoms with E-state index >= 15 is 0 Å². The van der Waals surface area contributed by atoms with Crippen LogP contribution in [-0.2, 0) is 19.3 Å². The van der Waals surface area contributed by atoms with Crippen LogP contribution in [0, 0.1) is 0 Å². The molecule has 266 valence electrons. The highest BCUT2D eigenvalue weighted by Crippen LogP contribution is 2.34. The number of aromatic nitrogens is 1. The van der Waals surface area contributed by atoms with Gasteiger partial charge in [0.2, 0.25) is 0 Å². The molecule has 0 saturated carbocycles. The van der Waals surface area contributed by atoms with Gasteiger partial charge in [-0.15, -0.1) is 0 Å². The molecule has 2 amide bonds. The van der Waals surface area contributed by atoms with E-state index in [-0.39, 0.29) is 30.2 Å². The van der Waals surface area contributed by atoms with Gasteiger partial charge in [-0.2, -0.15) is 13.2 Å². The second-order valence-corrected chi connectivity index (χ2v) is 12.4. The molecule has 0 aliphatic carbocycles. The molecule has 2 heterocycles. The second kappa shape index (κ2) is 15.8. The zero-order chi connectivity index (χ0) is 36.7. The molecular formula is C40H35F3N4O5. The lowest BCUT2D eigenvalue weighted by Gasteiger charge is -2.29. The maximum Gasteiger partial charge on any atom is 0.416 e. The Morgan fingerprint density at radius 3 is 2.27 bits per heavy atom. The summed E-state index contributed by atoms with van der Waals surface area (Å²) in [4.78, 5) is 44.7. The topological polar surface area (TPSA) is 121 Å². The Balaban J connectivity index is 1.19. The third-order valence-electron chi connectivity index (χ3n) is 8.67. The third-order valence-corrected chi connectivity index (χ3v) is 8.67. The van der Waals surface area contributed by atoms with Crippen molar-refractivity contribution in [3.05, 3.63) is 143 Å². The highest BCUT2D eigenvalue weighted by atomic mass is 19.4. The van der Waals surface area contributed by atoms with E-state index in [1.807, 2.05) is 18.2 Å². The highest BCUT2D eigenvalue weighted by Gasteiger charge is 2.30. The Kier molecular flexibility index (Phi) is 10.8. The van der Waals surface area contributed by atoms with E-state index in [9.17, 15) is 32.7 Å². The van der Waals surface area contributed by atoms with Gasteiger partial charge in [-0.3, -0.25) is 14.6 Å². The summed E-state index contributed by atoms with van der Waals surface area (Å²) in [5, 5.41) is 14.9. The fourth-order valence-corrected chi connectivity index (χ4v) is 5.92. The quantitative estimate of drug-likeness (QED) is 0.127. The average Bonchev–Trinajstić information content (AvgIpc) is 3.16. The number of carbonyl (C=O) groups is 3. The number of nitrogens with one attached hydrogen (secondary N) is 2. The number of hydrogen-bond donors (Lipinski definition) is 3. The molecule has 1 fully saturated rings. The predicted octanol–water partition coefficient (Wildman–Crippen LogP) is 8.22. The Labute approximate surface area is 298 Å². The normalized spacial score (nSPS) is 12.9. The molecule has 6 rings (SSSR count). The van der Waals surface area contributed by atoms with Crippen LogP contribution >= 0.6 is 0 Å². The Morgan fingerprint density at radius 2 is 1.52 bits per heavy atom. The van der Waals surface area contributed by atoms with Crippen molar-refractivity contribution in [1.82, 2.24) is 10.3 Å². The number of hydrogen-bond acceptors (Lipinski definition) is 6. The Morgan fingerprint density at radius 1 is 0.769 bits per heavy atom. The molecule has 1 aliphatic heterocycles. The summed E-state index contributed by atoms with van der Waals surface area (Å²) in [7, 11) is 0. The van der Waals surface area contributed by atoms with Gasteiger partial charge >= 0.3 is 12.1 Å². The molecule has 0 bridgehead atoms. The fraction of sp³-hybridized carbons (Fsp3) is 0.200. The zero-order valence-electron chi connectivity index (χ0n) is 28.0. The number of carboxylic acid groups (broad SMARTS) is 1. The molecule has 52 heavy (non-hydrogen) atoms. The largest absolute Gasteiger partial charge is 0.489 e. The van der Waals surface area contributed by atoms with Crippen molar-refractivity contribution in [2.75, 3.05) is 23.3 Å². The lowest BCUT2D eigenvalue weighted by atomic mass is 10.0. The SMILES string of the molecule is O=C(O)c1cccc(COc2ccc(C(=O)Nc3ccc(N4CCCCC4)cc3-c3cc(C(=O)NCc4cccc(C(F)(F)F)c4)ccn3)cc2)c1. The van der Waals surface area contributed by atoms with Gasteiger partial charge in [-0.25, -0.2) is 4.79 Å². The van der Waals surface area contributed by atoms with Gasteiger partial charge in [0.1, 0.15) is 12.4 Å². The van der Waals surface area contributed by atoms with E-state index in [2.05, 4.69) is 20.5 Å². The maximum absolute atomic E-state index is 13.5. The first-order valence-electron chi connectivity index (χ1n) is 16.7. The number of carboxylic acids is 1. The van der Waals surface area contributed by atoms with E-state index in [0.717, 1.165) is 50.2 Å². The minimum absolute atomic E-state index is 0.103. The minimum atomic E-state index is -4.49. The summed E-state index contributed by atoms with van der Waals surface area (Å²) in [6.45, 7) is 1.81. The van der Waals surface area contributed by atoms with Crippen LogP contribution in [-0.4, -0.2) is 41.0 Å². The van der Waals surface area contributed by atoms with E-state index in [4.69, 9.17) is 4.74 Å². The molecule has 12 heteroatoms. The van der Waals surface area contributed by atoms with Crippen molar-refractivity contribution in [3.63, 3.8) is 0 Å². The lowest BCUT2D eigenvalue weighted by molar-refractivity contribution is -0.137. The summed E-state index contributed by atoms with van der Waals surface area (Å²) < 4.78 is 45.3. The first-order chi connectivity index (χ1) is 25.0. The molecule has 0 unspecified atom stereocenters. The van der Waals surface area contributed by atoms with Crippen molar-refractivity contribution in [3.8, 4) is 17.0 Å². The van der Waals surface area contributed by atoms with Crippen molar-refractivity contribution in [2.24, 2.45) is 0 Å². The summed E-state index contributed by atoms with van der Waals surface area (Å²) >= 11 is 0.